The minimum Gasteiger partial charge on any atom is -0.458 e. The van der Waals surface area contributed by atoms with Crippen LogP contribution < -0.4 is 5.56 Å². The van der Waals surface area contributed by atoms with Gasteiger partial charge in [0.2, 0.25) is 0 Å². The lowest BCUT2D eigenvalue weighted by Gasteiger charge is -2.31. The molecule has 1 N–H and O–H groups in total. The van der Waals surface area contributed by atoms with Crippen LogP contribution >= 0.6 is 0 Å². The number of benzene rings is 2. The number of carbonyl (C=O) groups is 1. The third-order valence-corrected chi connectivity index (χ3v) is 6.93. The van der Waals surface area contributed by atoms with E-state index in [0.717, 1.165) is 27.6 Å². The van der Waals surface area contributed by atoms with Gasteiger partial charge < -0.3 is 19.2 Å². The molecule has 2 aliphatic rings. The number of cyclic esters (lactones) is 1. The van der Waals surface area contributed by atoms with Crippen LogP contribution in [-0.4, -0.2) is 26.8 Å². The number of esters is 1. The van der Waals surface area contributed by atoms with Gasteiger partial charge in [0.1, 0.15) is 13.2 Å². The van der Waals surface area contributed by atoms with Crippen LogP contribution in [0, 0.1) is 0 Å². The summed E-state index contributed by atoms with van der Waals surface area (Å²) in [6, 6.07) is 19.2. The summed E-state index contributed by atoms with van der Waals surface area (Å²) in [7, 11) is 0. The lowest BCUT2D eigenvalue weighted by atomic mass is 9.86. The van der Waals surface area contributed by atoms with E-state index in [1.165, 1.54) is 0 Å². The number of pyridine rings is 2. The van der Waals surface area contributed by atoms with E-state index in [-0.39, 0.29) is 18.6 Å². The highest BCUT2D eigenvalue weighted by Crippen LogP contribution is 2.38. The fourth-order valence-electron chi connectivity index (χ4n) is 4.92. The molecule has 0 unspecified atom stereocenters. The number of aromatic nitrogens is 2. The van der Waals surface area contributed by atoms with Crippen LogP contribution in [0.25, 0.3) is 22.3 Å². The minimum absolute atomic E-state index is 0.106. The Morgan fingerprint density at radius 3 is 2.81 bits per heavy atom. The van der Waals surface area contributed by atoms with Crippen LogP contribution in [-0.2, 0) is 39.7 Å². The minimum atomic E-state index is -1.84. The first kappa shape index (κ1) is 22.2. The fraction of sp³-hybridized carbons (Fsp3) is 0.214. The second kappa shape index (κ2) is 8.42. The van der Waals surface area contributed by atoms with Gasteiger partial charge >= 0.3 is 5.97 Å². The highest BCUT2D eigenvalue weighted by molar-refractivity contribution is 5.99. The summed E-state index contributed by atoms with van der Waals surface area (Å²) in [6.07, 6.45) is 1.77. The first-order valence-electron chi connectivity index (χ1n) is 11.8. The third-order valence-electron chi connectivity index (χ3n) is 6.93. The fourth-order valence-corrected chi connectivity index (χ4v) is 4.92. The second-order valence-corrected chi connectivity index (χ2v) is 9.01. The Morgan fingerprint density at radius 1 is 1.17 bits per heavy atom. The van der Waals surface area contributed by atoms with Crippen molar-refractivity contribution in [3.63, 3.8) is 0 Å². The van der Waals surface area contributed by atoms with Crippen LogP contribution in [0.3, 0.4) is 0 Å². The number of nitrogens with zero attached hydrogens (tertiary/aromatic N) is 3. The number of fused-ring (bicyclic) bond motifs is 5. The molecule has 2 aliphatic heterocycles. The van der Waals surface area contributed by atoms with E-state index in [0.29, 0.717) is 35.7 Å². The molecule has 2 aromatic carbocycles. The molecule has 180 valence electrons. The predicted octanol–water partition coefficient (Wildman–Crippen LogP) is 3.63. The van der Waals surface area contributed by atoms with Crippen molar-refractivity contribution in [1.29, 1.82) is 0 Å². The highest BCUT2D eigenvalue weighted by Gasteiger charge is 2.45. The van der Waals surface area contributed by atoms with E-state index in [4.69, 9.17) is 14.6 Å². The quantitative estimate of drug-likeness (QED) is 0.234. The van der Waals surface area contributed by atoms with Crippen molar-refractivity contribution >= 4 is 23.1 Å². The van der Waals surface area contributed by atoms with Gasteiger partial charge in [0.15, 0.2) is 5.60 Å². The predicted molar refractivity (Wildman–Crippen MR) is 133 cm³/mol. The summed E-state index contributed by atoms with van der Waals surface area (Å²) in [5.74, 6) is -0.732. The molecule has 0 saturated carbocycles. The van der Waals surface area contributed by atoms with Crippen LogP contribution in [0.4, 0.5) is 0 Å². The van der Waals surface area contributed by atoms with Crippen LogP contribution in [0.2, 0.25) is 0 Å². The van der Waals surface area contributed by atoms with Crippen molar-refractivity contribution in [1.82, 2.24) is 9.55 Å². The first-order chi connectivity index (χ1) is 17.5. The van der Waals surface area contributed by atoms with E-state index in [1.807, 2.05) is 54.6 Å². The Balaban J connectivity index is 1.38. The molecule has 0 amide bonds. The number of oxime groups is 1. The molecule has 8 heteroatoms. The van der Waals surface area contributed by atoms with Gasteiger partial charge in [-0.05, 0) is 30.2 Å². The molecule has 4 aromatic rings. The standard InChI is InChI=1S/C28H23N3O5/c1-2-28(34)22-12-24-25-19(14-31(24)26(32)21(22)16-35-27(28)33)11-20-18(9-6-10-23(20)30-25)13-29-36-15-17-7-4-3-5-8-17/h3-13,34H,2,14-16H2,1H3/t28-/m0/s1. The number of aliphatic hydroxyl groups is 1. The molecule has 0 radical (unpaired) electrons. The maximum atomic E-state index is 13.3. The Bertz CT molecular complexity index is 1610. The molecule has 4 heterocycles. The zero-order valence-electron chi connectivity index (χ0n) is 19.6. The van der Waals surface area contributed by atoms with E-state index in [9.17, 15) is 14.7 Å². The topological polar surface area (TPSA) is 103 Å². The van der Waals surface area contributed by atoms with E-state index < -0.39 is 11.6 Å². The Hall–Kier alpha value is -4.30. The molecule has 36 heavy (non-hydrogen) atoms. The van der Waals surface area contributed by atoms with Crippen molar-refractivity contribution < 1.29 is 19.5 Å². The largest absolute Gasteiger partial charge is 0.458 e. The van der Waals surface area contributed by atoms with Gasteiger partial charge in [-0.25, -0.2) is 9.78 Å². The monoisotopic (exact) mass is 481 g/mol. The summed E-state index contributed by atoms with van der Waals surface area (Å²) < 4.78 is 6.76. The van der Waals surface area contributed by atoms with Gasteiger partial charge in [-0.2, -0.15) is 0 Å². The Morgan fingerprint density at radius 2 is 2.00 bits per heavy atom. The number of rotatable bonds is 5. The molecule has 0 aliphatic carbocycles. The smallest absolute Gasteiger partial charge is 0.343 e. The third kappa shape index (κ3) is 3.41. The lowest BCUT2D eigenvalue weighted by molar-refractivity contribution is -0.172. The molecule has 6 rings (SSSR count). The Kier molecular flexibility index (Phi) is 5.19. The number of hydrogen-bond donors (Lipinski definition) is 1. The SMILES string of the molecule is CC[C@@]1(O)C(=O)OCc2c1cc1n(c2=O)Cc2cc3c(C=NOCc4ccccc4)cccc3nc2-1. The van der Waals surface area contributed by atoms with Gasteiger partial charge in [-0.15, -0.1) is 0 Å². The summed E-state index contributed by atoms with van der Waals surface area (Å²) in [4.78, 5) is 36.0. The highest BCUT2D eigenvalue weighted by atomic mass is 16.6. The molecule has 1 atom stereocenters. The molecule has 0 spiro atoms. The molecule has 8 nitrogen and oxygen atoms in total. The average Bonchev–Trinajstić information content (AvgIpc) is 3.26. The van der Waals surface area contributed by atoms with Gasteiger partial charge in [0.05, 0.1) is 35.2 Å². The van der Waals surface area contributed by atoms with E-state index in [1.54, 1.807) is 23.8 Å². The van der Waals surface area contributed by atoms with Crippen LogP contribution in [0.1, 0.15) is 41.2 Å². The zero-order valence-corrected chi connectivity index (χ0v) is 19.6. The Labute approximate surface area is 206 Å². The molecular weight excluding hydrogens is 458 g/mol. The molecule has 0 saturated heterocycles. The molecular formula is C28H23N3O5. The maximum absolute atomic E-state index is 13.3. The summed E-state index contributed by atoms with van der Waals surface area (Å²) in [6.45, 7) is 2.25. The number of ether oxygens (including phenoxy) is 1. The zero-order chi connectivity index (χ0) is 24.9. The van der Waals surface area contributed by atoms with Gasteiger partial charge in [0, 0.05) is 22.1 Å². The molecule has 0 bridgehead atoms. The summed E-state index contributed by atoms with van der Waals surface area (Å²) >= 11 is 0. The average molecular weight is 482 g/mol. The van der Waals surface area contributed by atoms with E-state index in [2.05, 4.69) is 5.16 Å². The van der Waals surface area contributed by atoms with Crippen molar-refractivity contribution in [3.8, 4) is 11.4 Å². The van der Waals surface area contributed by atoms with Crippen molar-refractivity contribution in [2.75, 3.05) is 0 Å². The molecule has 0 fully saturated rings. The number of carbonyl (C=O) groups excluding carboxylic acids is 1. The van der Waals surface area contributed by atoms with Crippen LogP contribution in [0.5, 0.6) is 0 Å². The lowest BCUT2D eigenvalue weighted by Crippen LogP contribution is -2.44. The van der Waals surface area contributed by atoms with Crippen LogP contribution in [0.15, 0.2) is 70.6 Å². The number of hydrogen-bond acceptors (Lipinski definition) is 7. The van der Waals surface area contributed by atoms with Gasteiger partial charge in [-0.1, -0.05) is 54.5 Å². The first-order valence-corrected chi connectivity index (χ1v) is 11.8. The van der Waals surface area contributed by atoms with Crippen molar-refractivity contribution in [2.24, 2.45) is 5.16 Å². The summed E-state index contributed by atoms with van der Waals surface area (Å²) in [5, 5.41) is 16.0. The van der Waals surface area contributed by atoms with Crippen molar-refractivity contribution in [2.45, 2.75) is 38.7 Å². The second-order valence-electron chi connectivity index (χ2n) is 9.01. The summed E-state index contributed by atoms with van der Waals surface area (Å²) in [5.41, 5.74) is 3.23. The molecule has 2 aromatic heterocycles. The normalized spacial score (nSPS) is 18.1. The van der Waals surface area contributed by atoms with Gasteiger partial charge in [-0.3, -0.25) is 4.79 Å². The van der Waals surface area contributed by atoms with E-state index >= 15 is 0 Å². The van der Waals surface area contributed by atoms with Crippen molar-refractivity contribution in [3.05, 3.63) is 98.8 Å². The maximum Gasteiger partial charge on any atom is 0.343 e. The van der Waals surface area contributed by atoms with Gasteiger partial charge in [0.25, 0.3) is 5.56 Å².